The molecular formula is C21H16ClN3O5. The van der Waals surface area contributed by atoms with Crippen molar-refractivity contribution in [2.45, 2.75) is 20.3 Å². The number of rotatable bonds is 5. The SMILES string of the molecule is CCCN1C(=O)C(C#N)=C(C)/C(=C\c2ccc(-c3ccc(Cl)c([N+](=O)[O-])c3)o2)C1=O. The Morgan fingerprint density at radius 1 is 1.27 bits per heavy atom. The van der Waals surface area contributed by atoms with E-state index in [2.05, 4.69) is 0 Å². The Morgan fingerprint density at radius 3 is 2.63 bits per heavy atom. The highest BCUT2D eigenvalue weighted by molar-refractivity contribution is 6.32. The van der Waals surface area contributed by atoms with Gasteiger partial charge in [-0.1, -0.05) is 18.5 Å². The van der Waals surface area contributed by atoms with Crippen molar-refractivity contribution < 1.29 is 18.9 Å². The first-order chi connectivity index (χ1) is 14.3. The molecule has 0 N–H and O–H groups in total. The average molecular weight is 426 g/mol. The third kappa shape index (κ3) is 3.75. The number of nitriles is 1. The molecule has 3 rings (SSSR count). The number of carbonyl (C=O) groups excluding carboxylic acids is 2. The number of nitro groups is 1. The lowest BCUT2D eigenvalue weighted by Gasteiger charge is -2.26. The smallest absolute Gasteiger partial charge is 0.288 e. The molecule has 0 atom stereocenters. The maximum absolute atomic E-state index is 12.8. The van der Waals surface area contributed by atoms with Gasteiger partial charge < -0.3 is 4.42 Å². The van der Waals surface area contributed by atoms with Crippen molar-refractivity contribution in [2.24, 2.45) is 0 Å². The number of nitro benzene ring substituents is 1. The Morgan fingerprint density at radius 2 is 2.00 bits per heavy atom. The van der Waals surface area contributed by atoms with Crippen LogP contribution < -0.4 is 0 Å². The third-order valence-electron chi connectivity index (χ3n) is 4.61. The van der Waals surface area contributed by atoms with E-state index in [1.165, 1.54) is 25.1 Å². The zero-order chi connectivity index (χ0) is 22.0. The Kier molecular flexibility index (Phi) is 5.85. The van der Waals surface area contributed by atoms with Crippen molar-refractivity contribution in [3.05, 3.63) is 67.9 Å². The number of amides is 2. The van der Waals surface area contributed by atoms with Crippen LogP contribution in [0.5, 0.6) is 0 Å². The van der Waals surface area contributed by atoms with E-state index in [0.29, 0.717) is 23.5 Å². The molecule has 1 aromatic heterocycles. The van der Waals surface area contributed by atoms with Gasteiger partial charge in [0.1, 0.15) is 28.2 Å². The lowest BCUT2D eigenvalue weighted by Crippen LogP contribution is -2.43. The molecule has 0 radical (unpaired) electrons. The van der Waals surface area contributed by atoms with Crippen molar-refractivity contribution in [1.82, 2.24) is 4.90 Å². The first kappa shape index (κ1) is 21.0. The third-order valence-corrected chi connectivity index (χ3v) is 4.93. The Bertz CT molecular complexity index is 1170. The van der Waals surface area contributed by atoms with Crippen LogP contribution in [0.2, 0.25) is 5.02 Å². The second-order valence-electron chi connectivity index (χ2n) is 6.56. The minimum absolute atomic E-state index is 0.0101. The van der Waals surface area contributed by atoms with Gasteiger partial charge >= 0.3 is 0 Å². The Labute approximate surface area is 176 Å². The van der Waals surface area contributed by atoms with E-state index in [9.17, 15) is 25.0 Å². The summed E-state index contributed by atoms with van der Waals surface area (Å²) >= 11 is 5.84. The minimum atomic E-state index is -0.604. The van der Waals surface area contributed by atoms with Crippen LogP contribution in [-0.2, 0) is 9.59 Å². The van der Waals surface area contributed by atoms with Gasteiger partial charge in [-0.3, -0.25) is 24.6 Å². The summed E-state index contributed by atoms with van der Waals surface area (Å²) in [6, 6.07) is 9.35. The molecule has 0 saturated heterocycles. The van der Waals surface area contributed by atoms with Crippen LogP contribution in [0, 0.1) is 21.4 Å². The molecule has 0 aliphatic carbocycles. The minimum Gasteiger partial charge on any atom is -0.457 e. The number of nitrogens with zero attached hydrogens (tertiary/aromatic N) is 3. The normalized spacial score (nSPS) is 15.7. The number of furan rings is 1. The van der Waals surface area contributed by atoms with Crippen LogP contribution in [0.1, 0.15) is 26.0 Å². The summed E-state index contributed by atoms with van der Waals surface area (Å²) in [6.07, 6.45) is 2.01. The molecule has 0 fully saturated rings. The van der Waals surface area contributed by atoms with Crippen LogP contribution in [0.4, 0.5) is 5.69 Å². The monoisotopic (exact) mass is 425 g/mol. The molecule has 2 aromatic rings. The van der Waals surface area contributed by atoms with Crippen molar-refractivity contribution in [1.29, 1.82) is 5.26 Å². The second kappa shape index (κ2) is 8.35. The lowest BCUT2D eigenvalue weighted by atomic mass is 9.94. The molecule has 0 unspecified atom stereocenters. The molecule has 8 nitrogen and oxygen atoms in total. The van der Waals surface area contributed by atoms with Gasteiger partial charge in [0.15, 0.2) is 0 Å². The summed E-state index contributed by atoms with van der Waals surface area (Å²) in [7, 11) is 0. The largest absolute Gasteiger partial charge is 0.457 e. The van der Waals surface area contributed by atoms with Crippen LogP contribution in [-0.4, -0.2) is 28.2 Å². The molecule has 1 aliphatic heterocycles. The highest BCUT2D eigenvalue weighted by Gasteiger charge is 2.35. The van der Waals surface area contributed by atoms with Crippen LogP contribution in [0.15, 0.2) is 51.5 Å². The molecule has 2 amide bonds. The molecule has 9 heteroatoms. The van der Waals surface area contributed by atoms with E-state index in [0.717, 1.165) is 4.90 Å². The van der Waals surface area contributed by atoms with Crippen molar-refractivity contribution in [3.63, 3.8) is 0 Å². The average Bonchev–Trinajstić information content (AvgIpc) is 3.18. The van der Waals surface area contributed by atoms with Crippen LogP contribution in [0.3, 0.4) is 0 Å². The zero-order valence-electron chi connectivity index (χ0n) is 16.1. The first-order valence-corrected chi connectivity index (χ1v) is 9.39. The van der Waals surface area contributed by atoms with Crippen molar-refractivity contribution in [2.75, 3.05) is 6.54 Å². The highest BCUT2D eigenvalue weighted by atomic mass is 35.5. The van der Waals surface area contributed by atoms with Crippen LogP contribution >= 0.6 is 11.6 Å². The van der Waals surface area contributed by atoms with Crippen LogP contribution in [0.25, 0.3) is 17.4 Å². The summed E-state index contributed by atoms with van der Waals surface area (Å²) in [6.45, 7) is 3.56. The van der Waals surface area contributed by atoms with Gasteiger partial charge in [0.25, 0.3) is 17.5 Å². The number of halogens is 1. The highest BCUT2D eigenvalue weighted by Crippen LogP contribution is 2.33. The second-order valence-corrected chi connectivity index (χ2v) is 6.96. The first-order valence-electron chi connectivity index (χ1n) is 9.01. The van der Waals surface area contributed by atoms with Gasteiger partial charge in [-0.2, -0.15) is 5.26 Å². The predicted molar refractivity (Wildman–Crippen MR) is 109 cm³/mol. The van der Waals surface area contributed by atoms with Gasteiger partial charge in [-0.25, -0.2) is 0 Å². The Balaban J connectivity index is 2.03. The molecule has 0 bridgehead atoms. The number of hydrogen-bond acceptors (Lipinski definition) is 6. The zero-order valence-corrected chi connectivity index (χ0v) is 16.9. The molecule has 30 heavy (non-hydrogen) atoms. The summed E-state index contributed by atoms with van der Waals surface area (Å²) < 4.78 is 5.73. The van der Waals surface area contributed by atoms with Gasteiger partial charge in [0.05, 0.1) is 4.92 Å². The fourth-order valence-corrected chi connectivity index (χ4v) is 3.28. The van der Waals surface area contributed by atoms with Gasteiger partial charge in [0.2, 0.25) is 0 Å². The molecule has 1 aliphatic rings. The Hall–Kier alpha value is -3.70. The lowest BCUT2D eigenvalue weighted by molar-refractivity contribution is -0.384. The van der Waals surface area contributed by atoms with E-state index < -0.39 is 16.7 Å². The van der Waals surface area contributed by atoms with Gasteiger partial charge in [-0.15, -0.1) is 0 Å². The van der Waals surface area contributed by atoms with E-state index >= 15 is 0 Å². The fourth-order valence-electron chi connectivity index (χ4n) is 3.09. The summed E-state index contributed by atoms with van der Waals surface area (Å²) in [5, 5.41) is 20.5. The van der Waals surface area contributed by atoms with E-state index in [4.69, 9.17) is 16.0 Å². The number of benzene rings is 1. The van der Waals surface area contributed by atoms with Gasteiger partial charge in [0, 0.05) is 23.7 Å². The van der Waals surface area contributed by atoms with E-state index in [1.54, 1.807) is 18.2 Å². The number of imide groups is 1. The molecule has 1 aromatic carbocycles. The molecule has 152 valence electrons. The maximum Gasteiger partial charge on any atom is 0.288 e. The fraction of sp³-hybridized carbons (Fsp3) is 0.190. The quantitative estimate of drug-likeness (QED) is 0.301. The van der Waals surface area contributed by atoms with E-state index in [-0.39, 0.29) is 34.0 Å². The van der Waals surface area contributed by atoms with Crippen molar-refractivity contribution >= 4 is 35.2 Å². The molecule has 0 saturated carbocycles. The summed E-state index contributed by atoms with van der Waals surface area (Å²) in [5.74, 6) is -0.465. The molecule has 0 spiro atoms. The van der Waals surface area contributed by atoms with Gasteiger partial charge in [-0.05, 0) is 49.3 Å². The predicted octanol–water partition coefficient (Wildman–Crippen LogP) is 4.51. The number of carbonyl (C=O) groups is 2. The van der Waals surface area contributed by atoms with E-state index in [1.807, 2.05) is 13.0 Å². The maximum atomic E-state index is 12.8. The summed E-state index contributed by atoms with van der Waals surface area (Å²) in [5.41, 5.74) is 0.564. The van der Waals surface area contributed by atoms with Crippen molar-refractivity contribution in [3.8, 4) is 17.4 Å². The molecule has 2 heterocycles. The molecular weight excluding hydrogens is 410 g/mol. The topological polar surface area (TPSA) is 117 Å². The summed E-state index contributed by atoms with van der Waals surface area (Å²) in [4.78, 5) is 36.7. The standard InChI is InChI=1S/C21H16ClN3O5/c1-3-8-24-20(26)15(12(2)16(11-23)21(24)27)10-14-5-7-19(30-14)13-4-6-17(22)18(9-13)25(28)29/h4-7,9-10H,3,8H2,1-2H3/b15-10+. The number of hydrogen-bond donors (Lipinski definition) is 0.